The molecule has 1 saturated heterocycles. The van der Waals surface area contributed by atoms with E-state index in [-0.39, 0.29) is 11.8 Å². The van der Waals surface area contributed by atoms with Gasteiger partial charge in [-0.15, -0.1) is 0 Å². The topological polar surface area (TPSA) is 66.6 Å². The molecule has 0 aromatic heterocycles. The van der Waals surface area contributed by atoms with Gasteiger partial charge in [0, 0.05) is 36.2 Å². The second-order valence-electron chi connectivity index (χ2n) is 6.26. The van der Waals surface area contributed by atoms with Gasteiger partial charge in [0.25, 0.3) is 5.91 Å². The number of nitrogens with two attached hydrogens (primary N) is 1. The van der Waals surface area contributed by atoms with E-state index in [1.807, 2.05) is 31.2 Å². The van der Waals surface area contributed by atoms with Gasteiger partial charge in [-0.3, -0.25) is 9.59 Å². The average Bonchev–Trinajstić information content (AvgIpc) is 2.54. The van der Waals surface area contributed by atoms with E-state index in [2.05, 4.69) is 15.9 Å². The second-order valence-corrected chi connectivity index (χ2v) is 7.17. The fourth-order valence-electron chi connectivity index (χ4n) is 2.88. The highest BCUT2D eigenvalue weighted by Crippen LogP contribution is 2.17. The third kappa shape index (κ3) is 4.32. The van der Waals surface area contributed by atoms with Crippen LogP contribution >= 0.6 is 15.9 Å². The molecule has 0 aliphatic carbocycles. The highest BCUT2D eigenvalue weighted by molar-refractivity contribution is 9.10. The first-order valence-electron chi connectivity index (χ1n) is 7.98. The van der Waals surface area contributed by atoms with Crippen LogP contribution in [-0.2, 0) is 4.79 Å². The maximum absolute atomic E-state index is 12.5. The lowest BCUT2D eigenvalue weighted by atomic mass is 9.95. The minimum Gasteiger partial charge on any atom is -0.338 e. The van der Waals surface area contributed by atoms with E-state index < -0.39 is 5.54 Å². The van der Waals surface area contributed by atoms with E-state index in [1.54, 1.807) is 16.7 Å². The van der Waals surface area contributed by atoms with Crippen LogP contribution in [0.2, 0.25) is 0 Å². The van der Waals surface area contributed by atoms with Gasteiger partial charge >= 0.3 is 0 Å². The van der Waals surface area contributed by atoms with Gasteiger partial charge in [0.15, 0.2) is 0 Å². The van der Waals surface area contributed by atoms with E-state index >= 15 is 0 Å². The van der Waals surface area contributed by atoms with Crippen molar-refractivity contribution in [2.45, 2.75) is 32.2 Å². The molecule has 2 amide bonds. The number of nitrogens with zero attached hydrogens (tertiary/aromatic N) is 2. The van der Waals surface area contributed by atoms with E-state index in [0.717, 1.165) is 10.9 Å². The summed E-state index contributed by atoms with van der Waals surface area (Å²) in [7, 11) is 0. The van der Waals surface area contributed by atoms with Crippen LogP contribution < -0.4 is 5.73 Å². The third-order valence-corrected chi connectivity index (χ3v) is 4.73. The minimum atomic E-state index is -0.813. The molecule has 1 unspecified atom stereocenters. The summed E-state index contributed by atoms with van der Waals surface area (Å²) < 4.78 is 0.947. The smallest absolute Gasteiger partial charge is 0.253 e. The predicted octanol–water partition coefficient (Wildman–Crippen LogP) is 2.25. The van der Waals surface area contributed by atoms with Crippen molar-refractivity contribution < 1.29 is 9.59 Å². The van der Waals surface area contributed by atoms with Gasteiger partial charge in [0.2, 0.25) is 5.91 Å². The van der Waals surface area contributed by atoms with Gasteiger partial charge < -0.3 is 15.5 Å². The SMILES string of the molecule is CCCC(C)(N)C(=O)N1CCN(C(=O)c2ccc(Br)cc2)CC1. The number of carbonyl (C=O) groups is 2. The number of halogens is 1. The Balaban J connectivity index is 1.94. The number of benzene rings is 1. The lowest BCUT2D eigenvalue weighted by molar-refractivity contribution is -0.138. The largest absolute Gasteiger partial charge is 0.338 e. The van der Waals surface area contributed by atoms with E-state index in [0.29, 0.717) is 38.2 Å². The maximum Gasteiger partial charge on any atom is 0.253 e. The highest BCUT2D eigenvalue weighted by atomic mass is 79.9. The number of carbonyl (C=O) groups excluding carboxylic acids is 2. The molecule has 1 aromatic carbocycles. The van der Waals surface area contributed by atoms with Crippen molar-refractivity contribution in [3.05, 3.63) is 34.3 Å². The normalized spacial score (nSPS) is 17.7. The molecule has 0 spiro atoms. The molecule has 2 N–H and O–H groups in total. The van der Waals surface area contributed by atoms with Crippen LogP contribution in [0.1, 0.15) is 37.0 Å². The van der Waals surface area contributed by atoms with Crippen LogP contribution in [-0.4, -0.2) is 53.3 Å². The van der Waals surface area contributed by atoms with Crippen molar-refractivity contribution >= 4 is 27.7 Å². The second kappa shape index (κ2) is 7.45. The fourth-order valence-corrected chi connectivity index (χ4v) is 3.14. The first-order chi connectivity index (χ1) is 10.8. The zero-order chi connectivity index (χ0) is 17.0. The lowest BCUT2D eigenvalue weighted by Crippen LogP contribution is -2.58. The molecule has 0 saturated carbocycles. The van der Waals surface area contributed by atoms with Crippen molar-refractivity contribution in [2.24, 2.45) is 5.73 Å². The molecule has 1 aliphatic heterocycles. The minimum absolute atomic E-state index is 0.00803. The lowest BCUT2D eigenvalue weighted by Gasteiger charge is -2.38. The molecule has 0 bridgehead atoms. The molecular weight excluding hydrogens is 358 g/mol. The predicted molar refractivity (Wildman–Crippen MR) is 94.1 cm³/mol. The summed E-state index contributed by atoms with van der Waals surface area (Å²) in [6, 6.07) is 7.33. The van der Waals surface area contributed by atoms with Crippen molar-refractivity contribution in [1.82, 2.24) is 9.80 Å². The third-order valence-electron chi connectivity index (χ3n) is 4.20. The van der Waals surface area contributed by atoms with Crippen molar-refractivity contribution in [1.29, 1.82) is 0 Å². The van der Waals surface area contributed by atoms with Gasteiger partial charge in [0.1, 0.15) is 0 Å². The maximum atomic E-state index is 12.5. The van der Waals surface area contributed by atoms with Gasteiger partial charge in [0.05, 0.1) is 5.54 Å². The molecule has 1 aromatic rings. The van der Waals surface area contributed by atoms with Gasteiger partial charge in [-0.05, 0) is 37.6 Å². The number of piperazine rings is 1. The molecule has 0 radical (unpaired) electrons. The Kier molecular flexibility index (Phi) is 5.81. The Morgan fingerprint density at radius 1 is 1.13 bits per heavy atom. The van der Waals surface area contributed by atoms with Crippen LogP contribution in [0.5, 0.6) is 0 Å². The zero-order valence-corrected chi connectivity index (χ0v) is 15.3. The standard InChI is InChI=1S/C17H24BrN3O2/c1-3-8-17(2,19)16(23)21-11-9-20(10-12-21)15(22)13-4-6-14(18)7-5-13/h4-7H,3,8-12,19H2,1-2H3. The van der Waals surface area contributed by atoms with E-state index in [4.69, 9.17) is 5.73 Å². The van der Waals surface area contributed by atoms with Crippen molar-refractivity contribution in [2.75, 3.05) is 26.2 Å². The molecule has 1 fully saturated rings. The Labute approximate surface area is 145 Å². The number of hydrogen-bond donors (Lipinski definition) is 1. The van der Waals surface area contributed by atoms with Crippen LogP contribution in [0, 0.1) is 0 Å². The first kappa shape index (κ1) is 17.9. The molecule has 126 valence electrons. The number of amides is 2. The molecule has 6 heteroatoms. The number of hydrogen-bond acceptors (Lipinski definition) is 3. The van der Waals surface area contributed by atoms with Crippen molar-refractivity contribution in [3.8, 4) is 0 Å². The summed E-state index contributed by atoms with van der Waals surface area (Å²) in [6.07, 6.45) is 1.55. The molecule has 23 heavy (non-hydrogen) atoms. The highest BCUT2D eigenvalue weighted by Gasteiger charge is 2.34. The van der Waals surface area contributed by atoms with E-state index in [9.17, 15) is 9.59 Å². The summed E-state index contributed by atoms with van der Waals surface area (Å²) in [5, 5.41) is 0. The molecule has 5 nitrogen and oxygen atoms in total. The fraction of sp³-hybridized carbons (Fsp3) is 0.529. The van der Waals surface area contributed by atoms with Crippen molar-refractivity contribution in [3.63, 3.8) is 0 Å². The Morgan fingerprint density at radius 2 is 1.65 bits per heavy atom. The summed E-state index contributed by atoms with van der Waals surface area (Å²) in [5.41, 5.74) is 5.98. The Hall–Kier alpha value is -1.40. The molecule has 1 atom stereocenters. The Bertz CT molecular complexity index is 564. The van der Waals surface area contributed by atoms with Crippen LogP contribution in [0.25, 0.3) is 0 Å². The molecular formula is C17H24BrN3O2. The van der Waals surface area contributed by atoms with Gasteiger partial charge in [-0.1, -0.05) is 29.3 Å². The van der Waals surface area contributed by atoms with E-state index in [1.165, 1.54) is 0 Å². The first-order valence-corrected chi connectivity index (χ1v) is 8.77. The number of rotatable bonds is 4. The zero-order valence-electron chi connectivity index (χ0n) is 13.7. The molecule has 2 rings (SSSR count). The van der Waals surface area contributed by atoms with Gasteiger partial charge in [-0.25, -0.2) is 0 Å². The van der Waals surface area contributed by atoms with Crippen LogP contribution in [0.4, 0.5) is 0 Å². The summed E-state index contributed by atoms with van der Waals surface area (Å²) in [5.74, 6) is -0.0104. The van der Waals surface area contributed by atoms with Crippen LogP contribution in [0.3, 0.4) is 0 Å². The average molecular weight is 382 g/mol. The summed E-state index contributed by atoms with van der Waals surface area (Å²) in [6.45, 7) is 5.98. The monoisotopic (exact) mass is 381 g/mol. The van der Waals surface area contributed by atoms with Crippen LogP contribution in [0.15, 0.2) is 28.7 Å². The summed E-state index contributed by atoms with van der Waals surface area (Å²) >= 11 is 3.36. The molecule has 1 aliphatic rings. The quantitative estimate of drug-likeness (QED) is 0.869. The molecule has 1 heterocycles. The van der Waals surface area contributed by atoms with Gasteiger partial charge in [-0.2, -0.15) is 0 Å². The Morgan fingerprint density at radius 3 is 2.17 bits per heavy atom. The summed E-state index contributed by atoms with van der Waals surface area (Å²) in [4.78, 5) is 28.5.